The Bertz CT molecular complexity index is 1850. The summed E-state index contributed by atoms with van der Waals surface area (Å²) in [5, 5.41) is 0. The summed E-state index contributed by atoms with van der Waals surface area (Å²) in [5.74, 6) is -0.898. The number of nitrogens with two attached hydrogens (primary N) is 1. The third-order valence-electron chi connectivity index (χ3n) is 8.58. The fourth-order valence-electron chi connectivity index (χ4n) is 5.79. The maximum absolute atomic E-state index is 13.9. The summed E-state index contributed by atoms with van der Waals surface area (Å²) in [6.07, 6.45) is -0.242. The van der Waals surface area contributed by atoms with Crippen molar-refractivity contribution in [3.05, 3.63) is 131 Å². The molecule has 0 fully saturated rings. The highest BCUT2D eigenvalue weighted by Gasteiger charge is 2.35. The van der Waals surface area contributed by atoms with Gasteiger partial charge in [0.15, 0.2) is 0 Å². The average Bonchev–Trinajstić information content (AvgIpc) is 3.23. The van der Waals surface area contributed by atoms with Gasteiger partial charge in [-0.05, 0) is 60.4 Å². The minimum atomic E-state index is -0.812. The monoisotopic (exact) mass is 675 g/mol. The third-order valence-corrected chi connectivity index (χ3v) is 8.58. The molecule has 0 radical (unpaired) electrons. The first-order chi connectivity index (χ1) is 24.1. The van der Waals surface area contributed by atoms with Gasteiger partial charge in [-0.25, -0.2) is 4.79 Å². The summed E-state index contributed by atoms with van der Waals surface area (Å²) in [6, 6.07) is 30.5. The normalized spacial score (nSPS) is 14.4. The minimum absolute atomic E-state index is 0.0297. The number of fused-ring (bicyclic) bond motifs is 1. The van der Waals surface area contributed by atoms with Crippen LogP contribution < -0.4 is 15.5 Å². The van der Waals surface area contributed by atoms with Gasteiger partial charge in [0.05, 0.1) is 13.0 Å². The quantitative estimate of drug-likeness (QED) is 0.128. The molecule has 4 aromatic rings. The molecule has 0 saturated heterocycles. The van der Waals surface area contributed by atoms with Crippen LogP contribution in [0.2, 0.25) is 0 Å². The number of esters is 1. The lowest BCUT2D eigenvalue weighted by molar-refractivity contribution is -0.146. The number of hydrogen-bond donors (Lipinski definition) is 1. The number of carbonyl (C=O) groups is 4. The molecule has 0 aliphatic carbocycles. The lowest BCUT2D eigenvalue weighted by Gasteiger charge is -2.29. The first-order valence-corrected chi connectivity index (χ1v) is 16.4. The van der Waals surface area contributed by atoms with E-state index in [2.05, 4.69) is 4.99 Å². The van der Waals surface area contributed by atoms with E-state index < -0.39 is 18.1 Å². The molecule has 0 bridgehead atoms. The standard InChI is InChI=1S/C39H41N5O6/c1-4-49-35(45)24-34-38(47)44(22-21-27-11-7-5-8-12-27)25-31-23-32(19-20-33(31)43(34)3)42(2)37(46)30-17-15-29(16-18-30)36(40)41-39(48)50-26-28-13-9-6-10-14-28/h5-20,23,34H,4,21-22,24-26H2,1-3H3,(H2,40,41,48). The number of carbonyl (C=O) groups excluding carboxylic acids is 4. The molecule has 1 aliphatic rings. The van der Waals surface area contributed by atoms with Gasteiger partial charge < -0.3 is 29.9 Å². The molecule has 258 valence electrons. The van der Waals surface area contributed by atoms with Crippen molar-refractivity contribution in [1.29, 1.82) is 0 Å². The van der Waals surface area contributed by atoms with E-state index in [1.165, 1.54) is 4.90 Å². The Labute approximate surface area is 291 Å². The Morgan fingerprint density at radius 3 is 2.18 bits per heavy atom. The summed E-state index contributed by atoms with van der Waals surface area (Å²) in [4.78, 5) is 61.2. The fraction of sp³-hybridized carbons (Fsp3) is 0.256. The number of hydrogen-bond acceptors (Lipinski definition) is 7. The Hall–Kier alpha value is -5.97. The summed E-state index contributed by atoms with van der Waals surface area (Å²) in [7, 11) is 3.48. The lowest BCUT2D eigenvalue weighted by atomic mass is 10.1. The van der Waals surface area contributed by atoms with Crippen molar-refractivity contribution in [2.75, 3.05) is 37.0 Å². The van der Waals surface area contributed by atoms with E-state index in [0.717, 1.165) is 22.4 Å². The van der Waals surface area contributed by atoms with Crippen LogP contribution >= 0.6 is 0 Å². The first-order valence-electron chi connectivity index (χ1n) is 16.4. The SMILES string of the molecule is CCOC(=O)CC1C(=O)N(CCc2ccccc2)Cc2cc(N(C)C(=O)c3ccc(/C(N)=N\C(=O)OCc4ccccc4)cc3)ccc2N1C. The summed E-state index contributed by atoms with van der Waals surface area (Å²) >= 11 is 0. The van der Waals surface area contributed by atoms with Gasteiger partial charge in [-0.1, -0.05) is 72.8 Å². The molecule has 0 aromatic heterocycles. The van der Waals surface area contributed by atoms with Crippen molar-refractivity contribution in [3.63, 3.8) is 0 Å². The summed E-state index contributed by atoms with van der Waals surface area (Å²) < 4.78 is 10.4. The second-order valence-electron chi connectivity index (χ2n) is 11.9. The van der Waals surface area contributed by atoms with E-state index in [4.69, 9.17) is 15.2 Å². The van der Waals surface area contributed by atoms with Gasteiger partial charge in [0.1, 0.15) is 18.5 Å². The van der Waals surface area contributed by atoms with Gasteiger partial charge in [-0.3, -0.25) is 14.4 Å². The number of aliphatic imine (C=N–C) groups is 1. The number of nitrogens with zero attached hydrogens (tertiary/aromatic N) is 4. The lowest BCUT2D eigenvalue weighted by Crippen LogP contribution is -2.46. The zero-order valence-electron chi connectivity index (χ0n) is 28.5. The molecular weight excluding hydrogens is 634 g/mol. The molecule has 0 spiro atoms. The van der Waals surface area contributed by atoms with Crippen molar-refractivity contribution in [1.82, 2.24) is 4.90 Å². The first kappa shape index (κ1) is 35.3. The van der Waals surface area contributed by atoms with E-state index >= 15 is 0 Å². The Balaban J connectivity index is 1.32. The number of anilines is 2. The van der Waals surface area contributed by atoms with E-state index in [1.54, 1.807) is 50.2 Å². The van der Waals surface area contributed by atoms with Crippen LogP contribution in [-0.2, 0) is 38.6 Å². The predicted octanol–water partition coefficient (Wildman–Crippen LogP) is 5.35. The molecule has 1 heterocycles. The number of amides is 3. The van der Waals surface area contributed by atoms with E-state index in [1.807, 2.05) is 83.8 Å². The average molecular weight is 676 g/mol. The van der Waals surface area contributed by atoms with Crippen LogP contribution in [0.3, 0.4) is 0 Å². The number of benzene rings is 4. The zero-order chi connectivity index (χ0) is 35.6. The summed E-state index contributed by atoms with van der Waals surface area (Å²) in [5.41, 5.74) is 11.1. The molecular formula is C39H41N5O6. The Morgan fingerprint density at radius 1 is 0.880 bits per heavy atom. The molecule has 2 N–H and O–H groups in total. The Morgan fingerprint density at radius 2 is 1.52 bits per heavy atom. The number of ether oxygens (including phenoxy) is 2. The van der Waals surface area contributed by atoms with Crippen LogP contribution in [0.4, 0.5) is 16.2 Å². The Kier molecular flexibility index (Phi) is 11.6. The van der Waals surface area contributed by atoms with Crippen LogP contribution in [-0.4, -0.2) is 67.9 Å². The van der Waals surface area contributed by atoms with E-state index in [0.29, 0.717) is 36.3 Å². The molecule has 3 amide bonds. The highest BCUT2D eigenvalue weighted by Crippen LogP contribution is 2.32. The second kappa shape index (κ2) is 16.4. The number of likely N-dealkylation sites (N-methyl/N-ethyl adjacent to an activating group) is 1. The molecule has 4 aromatic carbocycles. The number of amidine groups is 1. The molecule has 11 heteroatoms. The predicted molar refractivity (Wildman–Crippen MR) is 192 cm³/mol. The van der Waals surface area contributed by atoms with E-state index in [9.17, 15) is 19.2 Å². The molecule has 0 saturated carbocycles. The molecule has 1 unspecified atom stereocenters. The van der Waals surface area contributed by atoms with Gasteiger partial charge >= 0.3 is 12.1 Å². The number of rotatable bonds is 11. The van der Waals surface area contributed by atoms with Crippen molar-refractivity contribution < 1.29 is 28.7 Å². The highest BCUT2D eigenvalue weighted by atomic mass is 16.5. The van der Waals surface area contributed by atoms with Crippen molar-refractivity contribution >= 4 is 41.1 Å². The summed E-state index contributed by atoms with van der Waals surface area (Å²) in [6.45, 7) is 2.81. The van der Waals surface area contributed by atoms with Gasteiger partial charge in [-0.15, -0.1) is 0 Å². The van der Waals surface area contributed by atoms with Gasteiger partial charge in [-0.2, -0.15) is 4.99 Å². The maximum Gasteiger partial charge on any atom is 0.435 e. The molecule has 1 atom stereocenters. The van der Waals surface area contributed by atoms with Gasteiger partial charge in [0, 0.05) is 49.7 Å². The van der Waals surface area contributed by atoms with E-state index in [-0.39, 0.29) is 37.3 Å². The van der Waals surface area contributed by atoms with Gasteiger partial charge in [0.2, 0.25) is 5.91 Å². The highest BCUT2D eigenvalue weighted by molar-refractivity contribution is 6.07. The zero-order valence-corrected chi connectivity index (χ0v) is 28.5. The van der Waals surface area contributed by atoms with Crippen LogP contribution in [0.5, 0.6) is 0 Å². The van der Waals surface area contributed by atoms with Crippen LogP contribution in [0, 0.1) is 0 Å². The minimum Gasteiger partial charge on any atom is -0.466 e. The van der Waals surface area contributed by atoms with Crippen molar-refractivity contribution in [2.45, 2.75) is 39.0 Å². The third kappa shape index (κ3) is 8.73. The largest absolute Gasteiger partial charge is 0.466 e. The fourth-order valence-corrected chi connectivity index (χ4v) is 5.79. The smallest absolute Gasteiger partial charge is 0.435 e. The van der Waals surface area contributed by atoms with Crippen molar-refractivity contribution in [2.24, 2.45) is 10.7 Å². The van der Waals surface area contributed by atoms with Gasteiger partial charge in [0.25, 0.3) is 5.91 Å². The van der Waals surface area contributed by atoms with Crippen LogP contribution in [0.15, 0.2) is 108 Å². The second-order valence-corrected chi connectivity index (χ2v) is 11.9. The molecule has 50 heavy (non-hydrogen) atoms. The maximum atomic E-state index is 13.9. The van der Waals surface area contributed by atoms with Crippen molar-refractivity contribution in [3.8, 4) is 0 Å². The molecule has 1 aliphatic heterocycles. The van der Waals surface area contributed by atoms with Crippen LogP contribution in [0.25, 0.3) is 0 Å². The molecule has 5 rings (SSSR count). The van der Waals surface area contributed by atoms with Crippen LogP contribution in [0.1, 0.15) is 46.0 Å². The topological polar surface area (TPSA) is 135 Å². The molecule has 11 nitrogen and oxygen atoms in total.